The summed E-state index contributed by atoms with van der Waals surface area (Å²) >= 11 is 0. The van der Waals surface area contributed by atoms with Crippen molar-refractivity contribution in [2.45, 2.75) is 31.6 Å². The van der Waals surface area contributed by atoms with E-state index in [1.54, 1.807) is 34.0 Å². The van der Waals surface area contributed by atoms with Crippen LogP contribution in [0.4, 0.5) is 4.79 Å². The third-order valence-corrected chi connectivity index (χ3v) is 7.49. The Morgan fingerprint density at radius 3 is 2.27 bits per heavy atom. The van der Waals surface area contributed by atoms with Crippen LogP contribution in [0.15, 0.2) is 84.9 Å². The number of methoxy groups -OCH3 is 1. The van der Waals surface area contributed by atoms with E-state index in [0.29, 0.717) is 13.1 Å². The number of amides is 4. The number of urea groups is 1. The van der Waals surface area contributed by atoms with Gasteiger partial charge in [0, 0.05) is 20.1 Å². The van der Waals surface area contributed by atoms with Gasteiger partial charge in [0.25, 0.3) is 0 Å². The molecule has 208 valence electrons. The lowest BCUT2D eigenvalue weighted by molar-refractivity contribution is -0.187. The van der Waals surface area contributed by atoms with Gasteiger partial charge in [-0.05, 0) is 41.7 Å². The van der Waals surface area contributed by atoms with Gasteiger partial charge >= 0.3 is 6.03 Å². The van der Waals surface area contributed by atoms with E-state index in [1.165, 1.54) is 5.56 Å². The van der Waals surface area contributed by atoms with Gasteiger partial charge < -0.3 is 19.9 Å². The molecule has 9 nitrogen and oxygen atoms in total. The number of fused-ring (bicyclic) bond motifs is 1. The number of piperazine rings is 1. The standard InChI is InChI=1S/C31H35N5O4/c1-33-22-28(37)35-27(36(33)31(39)32-20-24-15-17-26(40-2)18-16-24)21-34(19-9-12-23-10-5-3-6-11-23)30(38)29(35)25-13-7-4-8-14-25/h3-8,10-11,13-18,27,29H,9,12,19-22H2,1-2H3,(H,32,39)/t27-,29-/m0/s1. The first kappa shape index (κ1) is 27.2. The van der Waals surface area contributed by atoms with E-state index in [-0.39, 0.29) is 30.9 Å². The summed E-state index contributed by atoms with van der Waals surface area (Å²) in [5, 5.41) is 6.22. The van der Waals surface area contributed by atoms with Gasteiger partial charge in [0.15, 0.2) is 0 Å². The average Bonchev–Trinajstić information content (AvgIpc) is 2.98. The number of hydrogen-bond acceptors (Lipinski definition) is 5. The van der Waals surface area contributed by atoms with Gasteiger partial charge in [0.2, 0.25) is 11.8 Å². The van der Waals surface area contributed by atoms with Crippen LogP contribution in [0.3, 0.4) is 0 Å². The Morgan fingerprint density at radius 1 is 0.925 bits per heavy atom. The highest BCUT2D eigenvalue weighted by Gasteiger charge is 2.51. The molecule has 2 aliphatic heterocycles. The first-order valence-electron chi connectivity index (χ1n) is 13.6. The molecule has 3 aromatic rings. The van der Waals surface area contributed by atoms with E-state index in [1.807, 2.05) is 72.8 Å². The quantitative estimate of drug-likeness (QED) is 0.472. The maximum absolute atomic E-state index is 13.9. The number of carbonyl (C=O) groups excluding carboxylic acids is 3. The predicted molar refractivity (Wildman–Crippen MR) is 151 cm³/mol. The summed E-state index contributed by atoms with van der Waals surface area (Å²) < 4.78 is 5.22. The molecule has 0 aliphatic carbocycles. The molecule has 2 heterocycles. The normalized spacial score (nSPS) is 19.4. The minimum absolute atomic E-state index is 0.00290. The van der Waals surface area contributed by atoms with Crippen molar-refractivity contribution in [2.75, 3.05) is 33.8 Å². The monoisotopic (exact) mass is 541 g/mol. The van der Waals surface area contributed by atoms with Gasteiger partial charge in [-0.3, -0.25) is 9.59 Å². The van der Waals surface area contributed by atoms with Gasteiger partial charge in [0.05, 0.1) is 20.2 Å². The summed E-state index contributed by atoms with van der Waals surface area (Å²) in [6.07, 6.45) is 0.971. The highest BCUT2D eigenvalue weighted by Crippen LogP contribution is 2.34. The van der Waals surface area contributed by atoms with Crippen LogP contribution in [-0.2, 0) is 22.6 Å². The zero-order valence-electron chi connectivity index (χ0n) is 22.9. The molecule has 2 saturated heterocycles. The Bertz CT molecular complexity index is 1320. The summed E-state index contributed by atoms with van der Waals surface area (Å²) in [4.78, 5) is 44.3. The molecular formula is C31H35N5O4. The van der Waals surface area contributed by atoms with Gasteiger partial charge in [-0.25, -0.2) is 14.8 Å². The predicted octanol–water partition coefficient (Wildman–Crippen LogP) is 3.44. The van der Waals surface area contributed by atoms with Crippen LogP contribution in [0, 0.1) is 0 Å². The Balaban J connectivity index is 1.38. The fourth-order valence-electron chi connectivity index (χ4n) is 5.48. The lowest BCUT2D eigenvalue weighted by Gasteiger charge is -2.54. The van der Waals surface area contributed by atoms with Gasteiger partial charge in [-0.2, -0.15) is 0 Å². The number of benzene rings is 3. The van der Waals surface area contributed by atoms with Crippen LogP contribution in [0.1, 0.15) is 29.2 Å². The number of hydrazine groups is 1. The molecule has 40 heavy (non-hydrogen) atoms. The molecule has 0 spiro atoms. The number of carbonyl (C=O) groups is 3. The summed E-state index contributed by atoms with van der Waals surface area (Å²) in [5.41, 5.74) is 2.87. The zero-order chi connectivity index (χ0) is 28.1. The summed E-state index contributed by atoms with van der Waals surface area (Å²) in [6.45, 7) is 1.08. The highest BCUT2D eigenvalue weighted by atomic mass is 16.5. The molecule has 0 bridgehead atoms. The molecule has 2 aliphatic rings. The summed E-state index contributed by atoms with van der Waals surface area (Å²) in [5.74, 6) is 0.441. The van der Waals surface area contributed by atoms with Gasteiger partial charge in [-0.1, -0.05) is 72.8 Å². The van der Waals surface area contributed by atoms with Crippen LogP contribution >= 0.6 is 0 Å². The van der Waals surface area contributed by atoms with E-state index >= 15 is 0 Å². The number of ether oxygens (including phenoxy) is 1. The maximum Gasteiger partial charge on any atom is 0.334 e. The van der Waals surface area contributed by atoms with Crippen molar-refractivity contribution in [3.8, 4) is 5.75 Å². The van der Waals surface area contributed by atoms with Crippen LogP contribution in [0.2, 0.25) is 0 Å². The highest BCUT2D eigenvalue weighted by molar-refractivity contribution is 5.92. The minimum Gasteiger partial charge on any atom is -0.497 e. The van der Waals surface area contributed by atoms with Crippen LogP contribution < -0.4 is 10.1 Å². The maximum atomic E-state index is 13.9. The zero-order valence-corrected chi connectivity index (χ0v) is 22.9. The van der Waals surface area contributed by atoms with Gasteiger partial charge in [0.1, 0.15) is 18.0 Å². The average molecular weight is 542 g/mol. The van der Waals surface area contributed by atoms with Crippen molar-refractivity contribution < 1.29 is 19.1 Å². The van der Waals surface area contributed by atoms with Gasteiger partial charge in [-0.15, -0.1) is 0 Å². The number of aryl methyl sites for hydroxylation is 1. The van der Waals surface area contributed by atoms with E-state index in [2.05, 4.69) is 17.4 Å². The molecule has 0 radical (unpaired) electrons. The SMILES string of the molecule is COc1ccc(CNC(=O)N2[C@H]3CN(CCCc4ccccc4)C(=O)[C@H](c4ccccc4)N3C(=O)CN2C)cc1. The molecule has 2 fully saturated rings. The molecule has 2 atom stereocenters. The fraction of sp³-hybridized carbons (Fsp3) is 0.323. The Kier molecular flexibility index (Phi) is 8.31. The molecule has 1 N–H and O–H groups in total. The van der Waals surface area contributed by atoms with E-state index < -0.39 is 12.2 Å². The molecule has 0 saturated carbocycles. The van der Waals surface area contributed by atoms with Crippen molar-refractivity contribution in [2.24, 2.45) is 0 Å². The van der Waals surface area contributed by atoms with Crippen molar-refractivity contribution >= 4 is 17.8 Å². The molecule has 0 aromatic heterocycles. The Hall–Kier alpha value is -4.37. The number of nitrogens with zero attached hydrogens (tertiary/aromatic N) is 4. The number of hydrogen-bond donors (Lipinski definition) is 1. The molecular weight excluding hydrogens is 506 g/mol. The Labute approximate surface area is 234 Å². The second-order valence-electron chi connectivity index (χ2n) is 10.1. The van der Waals surface area contributed by atoms with E-state index in [0.717, 1.165) is 29.7 Å². The second-order valence-corrected chi connectivity index (χ2v) is 10.1. The van der Waals surface area contributed by atoms with Crippen molar-refractivity contribution in [1.82, 2.24) is 25.1 Å². The topological polar surface area (TPSA) is 85.4 Å². The molecule has 3 aromatic carbocycles. The van der Waals surface area contributed by atoms with Crippen LogP contribution in [0.5, 0.6) is 5.75 Å². The molecule has 5 rings (SSSR count). The minimum atomic E-state index is -0.797. The summed E-state index contributed by atoms with van der Waals surface area (Å²) in [6, 6.07) is 25.9. The Morgan fingerprint density at radius 2 is 1.60 bits per heavy atom. The van der Waals surface area contributed by atoms with E-state index in [9.17, 15) is 14.4 Å². The number of nitrogens with one attached hydrogen (secondary N) is 1. The first-order valence-corrected chi connectivity index (χ1v) is 13.6. The number of likely N-dealkylation sites (N-methyl/N-ethyl adjacent to an activating group) is 1. The lowest BCUT2D eigenvalue weighted by Crippen LogP contribution is -2.73. The second kappa shape index (κ2) is 12.2. The van der Waals surface area contributed by atoms with Crippen molar-refractivity contribution in [3.63, 3.8) is 0 Å². The smallest absolute Gasteiger partial charge is 0.334 e. The molecule has 4 amide bonds. The van der Waals surface area contributed by atoms with Crippen LogP contribution in [0.25, 0.3) is 0 Å². The van der Waals surface area contributed by atoms with Crippen molar-refractivity contribution in [1.29, 1.82) is 0 Å². The largest absolute Gasteiger partial charge is 0.497 e. The molecule has 0 unspecified atom stereocenters. The third-order valence-electron chi connectivity index (χ3n) is 7.49. The summed E-state index contributed by atoms with van der Waals surface area (Å²) in [7, 11) is 3.34. The van der Waals surface area contributed by atoms with Crippen molar-refractivity contribution in [3.05, 3.63) is 102 Å². The first-order chi connectivity index (χ1) is 19.5. The fourth-order valence-corrected chi connectivity index (χ4v) is 5.48. The number of rotatable bonds is 8. The van der Waals surface area contributed by atoms with Crippen LogP contribution in [-0.4, -0.2) is 77.6 Å². The van der Waals surface area contributed by atoms with E-state index in [4.69, 9.17) is 4.74 Å². The third kappa shape index (κ3) is 5.79. The lowest BCUT2D eigenvalue weighted by atomic mass is 9.98. The molecule has 9 heteroatoms.